The number of anilines is 1. The van der Waals surface area contributed by atoms with E-state index in [0.717, 1.165) is 25.1 Å². The molecule has 4 heteroatoms. The summed E-state index contributed by atoms with van der Waals surface area (Å²) in [5, 5.41) is 3.74. The van der Waals surface area contributed by atoms with Gasteiger partial charge in [-0.3, -0.25) is 9.59 Å². The molecule has 2 aliphatic rings. The van der Waals surface area contributed by atoms with Crippen molar-refractivity contribution < 1.29 is 9.59 Å². The third-order valence-electron chi connectivity index (χ3n) is 3.68. The largest absolute Gasteiger partial charge is 0.291 e. The van der Waals surface area contributed by atoms with Crippen LogP contribution in [0.5, 0.6) is 0 Å². The number of amides is 1. The molecule has 2 heterocycles. The number of nitrogens with zero attached hydrogens (tertiary/aromatic N) is 2. The third-order valence-corrected chi connectivity index (χ3v) is 3.68. The van der Waals surface area contributed by atoms with Crippen LogP contribution in [0, 0.1) is 5.92 Å². The zero-order valence-electron chi connectivity index (χ0n) is 10.1. The van der Waals surface area contributed by atoms with Gasteiger partial charge in [0.1, 0.15) is 0 Å². The van der Waals surface area contributed by atoms with Crippen molar-refractivity contribution in [1.29, 1.82) is 0 Å². The fourth-order valence-corrected chi connectivity index (χ4v) is 2.74. The molecule has 1 saturated heterocycles. The van der Waals surface area contributed by atoms with Crippen molar-refractivity contribution in [2.24, 2.45) is 5.92 Å². The molecule has 3 rings (SSSR count). The first-order valence-electron chi connectivity index (χ1n) is 6.33. The van der Waals surface area contributed by atoms with Crippen molar-refractivity contribution in [1.82, 2.24) is 5.01 Å². The Morgan fingerprint density at radius 2 is 2.06 bits per heavy atom. The number of aryl methyl sites for hydroxylation is 1. The number of para-hydroxylation sites is 1. The first-order valence-corrected chi connectivity index (χ1v) is 6.33. The SMILES string of the molecule is O=[C]C1CCN(N2C(=O)CCc3ccccc32)C1. The molecule has 1 aromatic carbocycles. The molecule has 0 aromatic heterocycles. The van der Waals surface area contributed by atoms with Gasteiger partial charge in [-0.25, -0.2) is 10.0 Å². The van der Waals surface area contributed by atoms with Crippen molar-refractivity contribution in [3.05, 3.63) is 29.8 Å². The van der Waals surface area contributed by atoms with Gasteiger partial charge in [0, 0.05) is 25.4 Å². The van der Waals surface area contributed by atoms with Crippen molar-refractivity contribution >= 4 is 17.9 Å². The van der Waals surface area contributed by atoms with Gasteiger partial charge in [-0.15, -0.1) is 0 Å². The van der Waals surface area contributed by atoms with Crippen LogP contribution in [-0.4, -0.2) is 30.3 Å². The molecule has 0 aliphatic carbocycles. The van der Waals surface area contributed by atoms with Crippen molar-refractivity contribution in [3.8, 4) is 0 Å². The Hall–Kier alpha value is -1.68. The number of carbonyl (C=O) groups excluding carboxylic acids is 2. The molecular weight excluding hydrogens is 228 g/mol. The number of fused-ring (bicyclic) bond motifs is 1. The van der Waals surface area contributed by atoms with Crippen molar-refractivity contribution in [2.45, 2.75) is 19.3 Å². The van der Waals surface area contributed by atoms with Crippen LogP contribution in [-0.2, 0) is 16.0 Å². The molecule has 18 heavy (non-hydrogen) atoms. The summed E-state index contributed by atoms with van der Waals surface area (Å²) in [5.41, 5.74) is 2.18. The Labute approximate surface area is 106 Å². The molecule has 1 fully saturated rings. The summed E-state index contributed by atoms with van der Waals surface area (Å²) < 4.78 is 0. The van der Waals surface area contributed by atoms with E-state index in [1.807, 2.05) is 29.5 Å². The zero-order valence-corrected chi connectivity index (χ0v) is 10.1. The van der Waals surface area contributed by atoms with Gasteiger partial charge in [-0.05, 0) is 24.5 Å². The van der Waals surface area contributed by atoms with E-state index in [0.29, 0.717) is 13.0 Å². The highest BCUT2D eigenvalue weighted by Gasteiger charge is 2.33. The summed E-state index contributed by atoms with van der Waals surface area (Å²) in [7, 11) is 0. The molecule has 0 N–H and O–H groups in total. The summed E-state index contributed by atoms with van der Waals surface area (Å²) in [5.74, 6) is 0.0622. The number of rotatable bonds is 2. The molecule has 1 unspecified atom stereocenters. The lowest BCUT2D eigenvalue weighted by molar-refractivity contribution is -0.121. The van der Waals surface area contributed by atoms with E-state index in [4.69, 9.17) is 0 Å². The van der Waals surface area contributed by atoms with E-state index >= 15 is 0 Å². The smallest absolute Gasteiger partial charge is 0.241 e. The fraction of sp³-hybridized carbons (Fsp3) is 0.429. The number of hydrogen-bond donors (Lipinski definition) is 0. The van der Waals surface area contributed by atoms with E-state index in [-0.39, 0.29) is 11.8 Å². The minimum absolute atomic E-state index is 0.0631. The quantitative estimate of drug-likeness (QED) is 0.786. The third kappa shape index (κ3) is 1.82. The maximum atomic E-state index is 12.1. The molecule has 0 bridgehead atoms. The van der Waals surface area contributed by atoms with Gasteiger partial charge < -0.3 is 0 Å². The lowest BCUT2D eigenvalue weighted by Crippen LogP contribution is -2.48. The predicted molar refractivity (Wildman–Crippen MR) is 67.6 cm³/mol. The normalized spacial score (nSPS) is 24.1. The standard InChI is InChI=1S/C14H15N2O2/c17-10-11-7-8-15(9-11)16-13-4-2-1-3-12(13)5-6-14(16)18/h1-4,11H,5-9H2. The van der Waals surface area contributed by atoms with Crippen molar-refractivity contribution in [2.75, 3.05) is 18.1 Å². The van der Waals surface area contributed by atoms with Gasteiger partial charge in [0.25, 0.3) is 0 Å². The summed E-state index contributed by atoms with van der Waals surface area (Å²) in [6.45, 7) is 1.35. The molecule has 1 atom stereocenters. The van der Waals surface area contributed by atoms with Gasteiger partial charge in [0.05, 0.1) is 5.69 Å². The Bertz CT molecular complexity index is 486. The monoisotopic (exact) mass is 243 g/mol. The van der Waals surface area contributed by atoms with Crippen LogP contribution in [0.15, 0.2) is 24.3 Å². The van der Waals surface area contributed by atoms with E-state index in [9.17, 15) is 9.59 Å². The number of benzene rings is 1. The second-order valence-electron chi connectivity index (χ2n) is 4.85. The number of hydrazine groups is 1. The van der Waals surface area contributed by atoms with Crippen LogP contribution >= 0.6 is 0 Å². The van der Waals surface area contributed by atoms with Gasteiger partial charge in [-0.1, -0.05) is 18.2 Å². The van der Waals surface area contributed by atoms with Crippen LogP contribution in [0.1, 0.15) is 18.4 Å². The summed E-state index contributed by atoms with van der Waals surface area (Å²) in [6.07, 6.45) is 4.18. The Morgan fingerprint density at radius 1 is 1.22 bits per heavy atom. The highest BCUT2D eigenvalue weighted by atomic mass is 16.2. The fourth-order valence-electron chi connectivity index (χ4n) is 2.74. The van der Waals surface area contributed by atoms with Crippen LogP contribution in [0.2, 0.25) is 0 Å². The van der Waals surface area contributed by atoms with Gasteiger partial charge >= 0.3 is 0 Å². The lowest BCUT2D eigenvalue weighted by atomic mass is 10.0. The predicted octanol–water partition coefficient (Wildman–Crippen LogP) is 1.31. The maximum Gasteiger partial charge on any atom is 0.241 e. The Kier molecular flexibility index (Phi) is 2.88. The van der Waals surface area contributed by atoms with Gasteiger partial charge in [-0.2, -0.15) is 0 Å². The molecule has 0 spiro atoms. The summed E-state index contributed by atoms with van der Waals surface area (Å²) in [6, 6.07) is 7.99. The Morgan fingerprint density at radius 3 is 2.83 bits per heavy atom. The lowest BCUT2D eigenvalue weighted by Gasteiger charge is -2.36. The van der Waals surface area contributed by atoms with E-state index < -0.39 is 0 Å². The van der Waals surface area contributed by atoms with E-state index in [1.165, 1.54) is 5.56 Å². The topological polar surface area (TPSA) is 40.6 Å². The zero-order chi connectivity index (χ0) is 12.5. The van der Waals surface area contributed by atoms with Gasteiger partial charge in [0.2, 0.25) is 12.2 Å². The molecule has 1 radical (unpaired) electrons. The molecule has 4 nitrogen and oxygen atoms in total. The van der Waals surface area contributed by atoms with E-state index in [1.54, 1.807) is 5.01 Å². The minimum Gasteiger partial charge on any atom is -0.291 e. The van der Waals surface area contributed by atoms with Crippen LogP contribution in [0.4, 0.5) is 5.69 Å². The van der Waals surface area contributed by atoms with Gasteiger partial charge in [0.15, 0.2) is 0 Å². The molecule has 2 aliphatic heterocycles. The second kappa shape index (κ2) is 4.53. The number of carbonyl (C=O) groups is 1. The molecular formula is C14H15N2O2. The molecule has 93 valence electrons. The van der Waals surface area contributed by atoms with E-state index in [2.05, 4.69) is 6.07 Å². The highest BCUT2D eigenvalue weighted by Crippen LogP contribution is 2.31. The van der Waals surface area contributed by atoms with Crippen molar-refractivity contribution in [3.63, 3.8) is 0 Å². The Balaban J connectivity index is 1.91. The first-order chi connectivity index (χ1) is 8.79. The first kappa shape index (κ1) is 11.4. The maximum absolute atomic E-state index is 12.1. The number of hydrogen-bond acceptors (Lipinski definition) is 3. The van der Waals surface area contributed by atoms with Crippen LogP contribution in [0.25, 0.3) is 0 Å². The summed E-state index contributed by atoms with van der Waals surface area (Å²) >= 11 is 0. The van der Waals surface area contributed by atoms with Crippen LogP contribution in [0.3, 0.4) is 0 Å². The average Bonchev–Trinajstić information content (AvgIpc) is 2.87. The molecule has 1 amide bonds. The highest BCUT2D eigenvalue weighted by molar-refractivity contribution is 5.95. The minimum atomic E-state index is -0.0631. The average molecular weight is 243 g/mol. The molecule has 0 saturated carbocycles. The van der Waals surface area contributed by atoms with Crippen LogP contribution < -0.4 is 5.01 Å². The summed E-state index contributed by atoms with van der Waals surface area (Å²) in [4.78, 5) is 22.8. The second-order valence-corrected chi connectivity index (χ2v) is 4.85. The molecule has 1 aromatic rings.